The van der Waals surface area contributed by atoms with Crippen LogP contribution >= 0.6 is 0 Å². The first kappa shape index (κ1) is 24.9. The summed E-state index contributed by atoms with van der Waals surface area (Å²) in [4.78, 5) is 17.2. The highest BCUT2D eigenvalue weighted by atomic mass is 16.3. The van der Waals surface area contributed by atoms with E-state index in [1.54, 1.807) is 0 Å². The molecule has 0 radical (unpaired) electrons. The fourth-order valence-electron chi connectivity index (χ4n) is 6.11. The number of carbonyl (C=O) groups excluding carboxylic acids is 1. The molecule has 2 fully saturated rings. The number of carbonyl (C=O) groups is 1. The summed E-state index contributed by atoms with van der Waals surface area (Å²) in [7, 11) is 0. The topological polar surface area (TPSA) is 55.8 Å². The van der Waals surface area contributed by atoms with Crippen molar-refractivity contribution in [2.24, 2.45) is 0 Å². The summed E-state index contributed by atoms with van der Waals surface area (Å²) in [5.41, 5.74) is 3.50. The van der Waals surface area contributed by atoms with Gasteiger partial charge in [0.05, 0.1) is 6.61 Å². The number of rotatable bonds is 7. The SMILES string of the molecule is C[C@@H](NC1CCCC(c2ccc(C(=O)N3CCN(CCO)CC3)cc2)C1)c1cccc2ccccc12. The molecule has 5 nitrogen and oxygen atoms in total. The number of hydrogen-bond acceptors (Lipinski definition) is 4. The standard InChI is InChI=1S/C31H39N3O2/c1-23(29-11-5-7-25-6-2-3-10-30(25)29)32-28-9-4-8-27(22-28)24-12-14-26(15-13-24)31(36)34-18-16-33(17-19-34)20-21-35/h2-3,5-7,10-15,23,27-28,32,35H,4,8-9,16-22H2,1H3/t23-,27?,28?/m1/s1. The van der Waals surface area contributed by atoms with Gasteiger partial charge >= 0.3 is 0 Å². The van der Waals surface area contributed by atoms with Crippen molar-refractivity contribution in [1.82, 2.24) is 15.1 Å². The van der Waals surface area contributed by atoms with Gasteiger partial charge in [0.15, 0.2) is 0 Å². The molecule has 0 bridgehead atoms. The first-order valence-electron chi connectivity index (χ1n) is 13.6. The van der Waals surface area contributed by atoms with Crippen LogP contribution < -0.4 is 5.32 Å². The van der Waals surface area contributed by atoms with Crippen LogP contribution in [0.25, 0.3) is 10.8 Å². The van der Waals surface area contributed by atoms with Gasteiger partial charge in [0.2, 0.25) is 0 Å². The summed E-state index contributed by atoms with van der Waals surface area (Å²) in [6, 6.07) is 24.4. The van der Waals surface area contributed by atoms with E-state index in [2.05, 4.69) is 71.7 Å². The van der Waals surface area contributed by atoms with Crippen LogP contribution in [0.4, 0.5) is 0 Å². The number of nitrogens with one attached hydrogen (secondary N) is 1. The van der Waals surface area contributed by atoms with E-state index in [4.69, 9.17) is 5.11 Å². The number of aliphatic hydroxyl groups excluding tert-OH is 1. The number of amides is 1. The lowest BCUT2D eigenvalue weighted by Gasteiger charge is -2.34. The smallest absolute Gasteiger partial charge is 0.253 e. The second kappa shape index (κ2) is 11.5. The molecule has 5 heteroatoms. The minimum atomic E-state index is 0.122. The predicted octanol–water partition coefficient (Wildman–Crippen LogP) is 4.97. The van der Waals surface area contributed by atoms with Crippen LogP contribution in [-0.4, -0.2) is 66.2 Å². The van der Waals surface area contributed by atoms with Crippen LogP contribution in [0.3, 0.4) is 0 Å². The molecule has 0 spiro atoms. The van der Waals surface area contributed by atoms with Gasteiger partial charge in [-0.1, -0.05) is 61.0 Å². The molecular weight excluding hydrogens is 446 g/mol. The predicted molar refractivity (Wildman–Crippen MR) is 146 cm³/mol. The number of benzene rings is 3. The average molecular weight is 486 g/mol. The van der Waals surface area contributed by atoms with Crippen LogP contribution in [0, 0.1) is 0 Å². The molecule has 190 valence electrons. The van der Waals surface area contributed by atoms with Gasteiger partial charge in [0, 0.05) is 50.4 Å². The Hall–Kier alpha value is -2.73. The number of β-amino-alcohol motifs (C(OH)–C–C–N with tert-alkyl or cyclic N) is 1. The van der Waals surface area contributed by atoms with Gasteiger partial charge in [0.25, 0.3) is 5.91 Å². The van der Waals surface area contributed by atoms with Crippen molar-refractivity contribution in [3.8, 4) is 0 Å². The van der Waals surface area contributed by atoms with Crippen molar-refractivity contribution < 1.29 is 9.90 Å². The van der Waals surface area contributed by atoms with Crippen molar-refractivity contribution in [2.45, 2.75) is 50.6 Å². The number of aliphatic hydroxyl groups is 1. The fourth-order valence-corrected chi connectivity index (χ4v) is 6.11. The van der Waals surface area contributed by atoms with Gasteiger partial charge in [-0.3, -0.25) is 9.69 Å². The Bertz CT molecular complexity index is 1150. The van der Waals surface area contributed by atoms with Crippen molar-refractivity contribution in [2.75, 3.05) is 39.3 Å². The van der Waals surface area contributed by atoms with Crippen LogP contribution in [-0.2, 0) is 0 Å². The second-order valence-corrected chi connectivity index (χ2v) is 10.5. The lowest BCUT2D eigenvalue weighted by molar-refractivity contribution is 0.0615. The molecule has 1 aliphatic carbocycles. The minimum absolute atomic E-state index is 0.122. The van der Waals surface area contributed by atoms with Gasteiger partial charge in [0.1, 0.15) is 0 Å². The molecule has 2 aliphatic rings. The molecule has 1 saturated carbocycles. The highest BCUT2D eigenvalue weighted by Crippen LogP contribution is 2.34. The van der Waals surface area contributed by atoms with Gasteiger partial charge in [-0.05, 0) is 66.1 Å². The molecule has 1 aliphatic heterocycles. The summed E-state index contributed by atoms with van der Waals surface area (Å²) in [5.74, 6) is 0.652. The Morgan fingerprint density at radius 1 is 0.972 bits per heavy atom. The Balaban J connectivity index is 1.19. The first-order chi connectivity index (χ1) is 17.6. The quantitative estimate of drug-likeness (QED) is 0.496. The third-order valence-corrected chi connectivity index (χ3v) is 8.15. The number of hydrogen-bond donors (Lipinski definition) is 2. The Labute approximate surface area is 215 Å². The number of nitrogens with zero attached hydrogens (tertiary/aromatic N) is 2. The molecule has 3 aromatic rings. The van der Waals surface area contributed by atoms with E-state index in [0.29, 0.717) is 24.5 Å². The molecule has 0 aromatic heterocycles. The molecule has 5 rings (SSSR count). The van der Waals surface area contributed by atoms with Crippen LogP contribution in [0.15, 0.2) is 66.7 Å². The van der Waals surface area contributed by atoms with Crippen molar-refractivity contribution in [1.29, 1.82) is 0 Å². The van der Waals surface area contributed by atoms with E-state index in [-0.39, 0.29) is 12.5 Å². The van der Waals surface area contributed by atoms with E-state index < -0.39 is 0 Å². The zero-order chi connectivity index (χ0) is 24.9. The van der Waals surface area contributed by atoms with Crippen molar-refractivity contribution in [3.63, 3.8) is 0 Å². The molecule has 3 atom stereocenters. The molecule has 36 heavy (non-hydrogen) atoms. The summed E-state index contributed by atoms with van der Waals surface area (Å²) in [6.45, 7) is 6.27. The average Bonchev–Trinajstić information content (AvgIpc) is 2.93. The van der Waals surface area contributed by atoms with Crippen molar-refractivity contribution >= 4 is 16.7 Å². The molecule has 1 amide bonds. The molecule has 3 aromatic carbocycles. The fraction of sp³-hybridized carbons (Fsp3) is 0.452. The Kier molecular flexibility index (Phi) is 8.00. The zero-order valence-corrected chi connectivity index (χ0v) is 21.4. The molecule has 2 unspecified atom stereocenters. The van der Waals surface area contributed by atoms with Crippen LogP contribution in [0.1, 0.15) is 66.1 Å². The third-order valence-electron chi connectivity index (χ3n) is 8.15. The lowest BCUT2D eigenvalue weighted by Crippen LogP contribution is -2.49. The zero-order valence-electron chi connectivity index (χ0n) is 21.4. The molecule has 1 heterocycles. The number of fused-ring (bicyclic) bond motifs is 1. The maximum absolute atomic E-state index is 13.0. The minimum Gasteiger partial charge on any atom is -0.395 e. The largest absolute Gasteiger partial charge is 0.395 e. The first-order valence-corrected chi connectivity index (χ1v) is 13.6. The van der Waals surface area contributed by atoms with E-state index in [1.807, 2.05) is 17.0 Å². The normalized spacial score (nSPS) is 22.0. The van der Waals surface area contributed by atoms with Gasteiger partial charge in [-0.25, -0.2) is 0 Å². The van der Waals surface area contributed by atoms with E-state index in [1.165, 1.54) is 41.2 Å². The lowest BCUT2D eigenvalue weighted by atomic mass is 9.80. The Morgan fingerprint density at radius 3 is 2.50 bits per heavy atom. The molecule has 2 N–H and O–H groups in total. The van der Waals surface area contributed by atoms with Gasteiger partial charge < -0.3 is 15.3 Å². The van der Waals surface area contributed by atoms with E-state index in [0.717, 1.165) is 38.2 Å². The van der Waals surface area contributed by atoms with Crippen LogP contribution in [0.5, 0.6) is 0 Å². The maximum atomic E-state index is 13.0. The summed E-state index contributed by atoms with van der Waals surface area (Å²) >= 11 is 0. The van der Waals surface area contributed by atoms with Crippen molar-refractivity contribution in [3.05, 3.63) is 83.4 Å². The number of piperazine rings is 1. The summed E-state index contributed by atoms with van der Waals surface area (Å²) < 4.78 is 0. The third kappa shape index (κ3) is 5.64. The second-order valence-electron chi connectivity index (χ2n) is 10.5. The van der Waals surface area contributed by atoms with Gasteiger partial charge in [-0.2, -0.15) is 0 Å². The highest BCUT2D eigenvalue weighted by Gasteiger charge is 2.26. The highest BCUT2D eigenvalue weighted by molar-refractivity contribution is 5.94. The van der Waals surface area contributed by atoms with E-state index >= 15 is 0 Å². The van der Waals surface area contributed by atoms with Crippen LogP contribution in [0.2, 0.25) is 0 Å². The summed E-state index contributed by atoms with van der Waals surface area (Å²) in [5, 5.41) is 15.7. The maximum Gasteiger partial charge on any atom is 0.253 e. The van der Waals surface area contributed by atoms with Gasteiger partial charge in [-0.15, -0.1) is 0 Å². The Morgan fingerprint density at radius 2 is 1.72 bits per heavy atom. The molecule has 1 saturated heterocycles. The van der Waals surface area contributed by atoms with E-state index in [9.17, 15) is 4.79 Å². The monoisotopic (exact) mass is 485 g/mol. The molecular formula is C31H39N3O2. The summed E-state index contributed by atoms with van der Waals surface area (Å²) in [6.07, 6.45) is 4.78.